The van der Waals surface area contributed by atoms with Crippen molar-refractivity contribution in [3.63, 3.8) is 0 Å². The number of alkyl halides is 6. The Morgan fingerprint density at radius 1 is 1.06 bits per heavy atom. The third-order valence-electron chi connectivity index (χ3n) is 4.48. The minimum Gasteiger partial charge on any atom is -0.245 e. The molecule has 1 aromatic heterocycles. The molecule has 0 spiro atoms. The van der Waals surface area contributed by atoms with Crippen molar-refractivity contribution < 1.29 is 34.8 Å². The fourth-order valence-corrected chi connectivity index (χ4v) is 6.16. The molecule has 1 N–H and O–H groups in total. The molecule has 2 rings (SSSR count). The Bertz CT molecular complexity index is 1180. The van der Waals surface area contributed by atoms with Crippen molar-refractivity contribution >= 4 is 21.8 Å². The maximum atomic E-state index is 13.7. The molecule has 0 fully saturated rings. The largest absolute Gasteiger partial charge is 0.417 e. The van der Waals surface area contributed by atoms with Gasteiger partial charge in [0.1, 0.15) is 17.1 Å². The highest BCUT2D eigenvalue weighted by Crippen LogP contribution is 2.37. The molecule has 1 aromatic carbocycles. The number of hydrogen-bond donors (Lipinski definition) is 1. The first-order valence-corrected chi connectivity index (χ1v) is 11.7. The van der Waals surface area contributed by atoms with Gasteiger partial charge in [-0.25, -0.2) is 13.4 Å². The summed E-state index contributed by atoms with van der Waals surface area (Å²) in [5, 5.41) is 8.59. The highest BCUT2D eigenvalue weighted by molar-refractivity contribution is 7.99. The Morgan fingerprint density at radius 2 is 1.61 bits per heavy atom. The van der Waals surface area contributed by atoms with Crippen molar-refractivity contribution in [2.45, 2.75) is 56.0 Å². The van der Waals surface area contributed by atoms with Gasteiger partial charge >= 0.3 is 12.4 Å². The lowest BCUT2D eigenvalue weighted by Gasteiger charge is -2.23. The summed E-state index contributed by atoms with van der Waals surface area (Å²) in [5.41, 5.74) is -1.19. The third-order valence-corrected chi connectivity index (χ3v) is 7.33. The van der Waals surface area contributed by atoms with E-state index in [1.807, 2.05) is 0 Å². The van der Waals surface area contributed by atoms with Crippen LogP contribution in [0.1, 0.15) is 33.5 Å². The molecule has 0 aliphatic carbocycles. The van der Waals surface area contributed by atoms with Gasteiger partial charge in [-0.2, -0.15) is 36.3 Å². The molecule has 1 unspecified atom stereocenters. The summed E-state index contributed by atoms with van der Waals surface area (Å²) >= 11 is 0.217. The Morgan fingerprint density at radius 3 is 2.06 bits per heavy atom. The number of pyridine rings is 1. The van der Waals surface area contributed by atoms with Gasteiger partial charge in [-0.1, -0.05) is 17.7 Å². The molecule has 0 saturated carbocycles. The first kappa shape index (κ1) is 26.9. The summed E-state index contributed by atoms with van der Waals surface area (Å²) < 4.78 is 108. The summed E-state index contributed by atoms with van der Waals surface area (Å²) in [5.74, 6) is -1.03. The number of hydrogen-bond acceptors (Lipinski definition) is 5. The third kappa shape index (κ3) is 6.39. The van der Waals surface area contributed by atoms with Gasteiger partial charge < -0.3 is 0 Å². The van der Waals surface area contributed by atoms with Gasteiger partial charge in [0.05, 0.1) is 16.0 Å². The van der Waals surface area contributed by atoms with E-state index in [9.17, 15) is 34.8 Å². The van der Waals surface area contributed by atoms with E-state index in [0.29, 0.717) is 6.07 Å². The van der Waals surface area contributed by atoms with Crippen molar-refractivity contribution in [2.75, 3.05) is 5.75 Å². The number of nitrogens with zero attached hydrogens (tertiary/aromatic N) is 2. The first-order valence-electron chi connectivity index (χ1n) is 9.26. The number of nitriles is 1. The maximum Gasteiger partial charge on any atom is 0.417 e. The number of sulfonamides is 1. The molecular weight excluding hydrogens is 492 g/mol. The molecule has 33 heavy (non-hydrogen) atoms. The molecule has 180 valence electrons. The van der Waals surface area contributed by atoms with Gasteiger partial charge in [-0.3, -0.25) is 0 Å². The van der Waals surface area contributed by atoms with Gasteiger partial charge in [-0.05, 0) is 44.9 Å². The Labute approximate surface area is 191 Å². The van der Waals surface area contributed by atoms with Crippen LogP contribution in [0.5, 0.6) is 0 Å². The van der Waals surface area contributed by atoms with Crippen LogP contribution in [-0.2, 0) is 16.2 Å². The SMILES string of the molecule is Cc1cc(C)c(S(=O)(=O)NC(CSc2nc(C)cc(C(F)(F)F)c2C#N)C(F)(F)F)c(C)c1. The quantitative estimate of drug-likeness (QED) is 0.426. The number of aromatic nitrogens is 1. The Balaban J connectivity index is 2.43. The zero-order valence-electron chi connectivity index (χ0n) is 17.8. The molecule has 0 amide bonds. The van der Waals surface area contributed by atoms with E-state index in [2.05, 4.69) is 4.98 Å². The summed E-state index contributed by atoms with van der Waals surface area (Å²) in [6.45, 7) is 5.80. The number of aryl methyl sites for hydroxylation is 4. The second-order valence-electron chi connectivity index (χ2n) is 7.36. The van der Waals surface area contributed by atoms with E-state index in [1.54, 1.807) is 11.6 Å². The van der Waals surface area contributed by atoms with E-state index in [0.717, 1.165) is 5.56 Å². The average molecular weight is 512 g/mol. The summed E-state index contributed by atoms with van der Waals surface area (Å²) in [6.07, 6.45) is -9.98. The molecule has 5 nitrogen and oxygen atoms in total. The van der Waals surface area contributed by atoms with Crippen LogP contribution in [0.4, 0.5) is 26.3 Å². The van der Waals surface area contributed by atoms with E-state index in [-0.39, 0.29) is 33.5 Å². The minimum absolute atomic E-state index is 0.154. The van der Waals surface area contributed by atoms with E-state index in [4.69, 9.17) is 5.26 Å². The standard InChI is InChI=1S/C20H19F6N3O2S2/c1-10-5-11(2)17(12(3)6-10)33(30,31)29-16(20(24,25)26)9-32-18-14(8-27)15(19(21,22)23)7-13(4)28-18/h5-7,16,29H,9H2,1-4H3. The van der Waals surface area contributed by atoms with Crippen molar-refractivity contribution in [3.8, 4) is 6.07 Å². The van der Waals surface area contributed by atoms with Crippen LogP contribution in [0.25, 0.3) is 0 Å². The maximum absolute atomic E-state index is 13.7. The summed E-state index contributed by atoms with van der Waals surface area (Å²) in [6, 6.07) is 2.32. The highest BCUT2D eigenvalue weighted by Gasteiger charge is 2.43. The molecule has 2 aromatic rings. The number of benzene rings is 1. The van der Waals surface area contributed by atoms with Crippen LogP contribution in [-0.4, -0.2) is 31.4 Å². The molecule has 0 aliphatic rings. The number of halogens is 6. The van der Waals surface area contributed by atoms with E-state index < -0.39 is 50.3 Å². The van der Waals surface area contributed by atoms with Crippen molar-refractivity contribution in [3.05, 3.63) is 51.7 Å². The van der Waals surface area contributed by atoms with Crippen molar-refractivity contribution in [2.24, 2.45) is 0 Å². The fourth-order valence-electron chi connectivity index (χ4n) is 3.28. The Hall–Kier alpha value is -2.30. The topological polar surface area (TPSA) is 82.8 Å². The monoisotopic (exact) mass is 511 g/mol. The zero-order chi connectivity index (χ0) is 25.4. The molecule has 0 bridgehead atoms. The molecule has 0 radical (unpaired) electrons. The zero-order valence-corrected chi connectivity index (χ0v) is 19.4. The molecule has 13 heteroatoms. The lowest BCUT2D eigenvalue weighted by molar-refractivity contribution is -0.145. The highest BCUT2D eigenvalue weighted by atomic mass is 32.2. The van der Waals surface area contributed by atoms with Crippen LogP contribution < -0.4 is 4.72 Å². The predicted molar refractivity (Wildman–Crippen MR) is 110 cm³/mol. The first-order chi connectivity index (χ1) is 15.0. The average Bonchev–Trinajstić information content (AvgIpc) is 2.61. The summed E-state index contributed by atoms with van der Waals surface area (Å²) in [7, 11) is -4.63. The molecule has 0 aliphatic heterocycles. The van der Waals surface area contributed by atoms with Crippen molar-refractivity contribution in [1.29, 1.82) is 5.26 Å². The van der Waals surface area contributed by atoms with Gasteiger partial charge in [-0.15, -0.1) is 11.8 Å². The second-order valence-corrected chi connectivity index (χ2v) is 10.0. The van der Waals surface area contributed by atoms with E-state index >= 15 is 0 Å². The van der Waals surface area contributed by atoms with Gasteiger partial charge in [0.25, 0.3) is 0 Å². The molecule has 0 saturated heterocycles. The minimum atomic E-state index is -5.06. The van der Waals surface area contributed by atoms with Crippen LogP contribution >= 0.6 is 11.8 Å². The summed E-state index contributed by atoms with van der Waals surface area (Å²) in [4.78, 5) is 3.45. The molecule has 1 atom stereocenters. The van der Waals surface area contributed by atoms with Gasteiger partial charge in [0, 0.05) is 11.4 Å². The van der Waals surface area contributed by atoms with E-state index in [1.165, 1.54) is 39.0 Å². The van der Waals surface area contributed by atoms with Crippen LogP contribution in [0.15, 0.2) is 28.1 Å². The predicted octanol–water partition coefficient (Wildman–Crippen LogP) is 5.21. The number of nitrogens with one attached hydrogen (secondary N) is 1. The van der Waals surface area contributed by atoms with Crippen LogP contribution in [0, 0.1) is 39.0 Å². The number of rotatable bonds is 6. The van der Waals surface area contributed by atoms with Crippen molar-refractivity contribution in [1.82, 2.24) is 9.71 Å². The fraction of sp³-hybridized carbons (Fsp3) is 0.400. The smallest absolute Gasteiger partial charge is 0.245 e. The number of thioether (sulfide) groups is 1. The Kier molecular flexibility index (Phi) is 7.77. The van der Waals surface area contributed by atoms with Gasteiger partial charge in [0.2, 0.25) is 10.0 Å². The molecular formula is C20H19F6N3O2S2. The normalized spacial score (nSPS) is 13.6. The lowest BCUT2D eigenvalue weighted by atomic mass is 10.1. The van der Waals surface area contributed by atoms with Crippen LogP contribution in [0.3, 0.4) is 0 Å². The lowest BCUT2D eigenvalue weighted by Crippen LogP contribution is -2.47. The second kappa shape index (κ2) is 9.52. The van der Waals surface area contributed by atoms with Crippen LogP contribution in [0.2, 0.25) is 0 Å². The van der Waals surface area contributed by atoms with Gasteiger partial charge in [0.15, 0.2) is 0 Å². The molecule has 1 heterocycles.